The number of carbonyl (C=O) groups is 1. The van der Waals surface area contributed by atoms with Crippen LogP contribution in [-0.4, -0.2) is 23.2 Å². The van der Waals surface area contributed by atoms with Gasteiger partial charge in [-0.1, -0.05) is 0 Å². The molecule has 0 saturated heterocycles. The normalized spacial score (nSPS) is 20.7. The smallest absolute Gasteiger partial charge is 0.405 e. The molecule has 0 heterocycles. The standard InChI is InChI=1S/C5H7F2NO2/c6-3(7)5(1-2-5)8-4(9)10/h3,8H,1-2H2,(H,9,10). The lowest BCUT2D eigenvalue weighted by Gasteiger charge is -2.12. The van der Waals surface area contributed by atoms with Crippen molar-refractivity contribution >= 4 is 6.09 Å². The van der Waals surface area contributed by atoms with Crippen LogP contribution in [0.2, 0.25) is 0 Å². The van der Waals surface area contributed by atoms with Crippen molar-refractivity contribution in [2.75, 3.05) is 0 Å². The van der Waals surface area contributed by atoms with Crippen LogP contribution < -0.4 is 5.32 Å². The predicted molar refractivity (Wildman–Crippen MR) is 29.1 cm³/mol. The van der Waals surface area contributed by atoms with Gasteiger partial charge in [0.15, 0.2) is 0 Å². The van der Waals surface area contributed by atoms with E-state index in [1.807, 2.05) is 0 Å². The number of hydrogen-bond donors (Lipinski definition) is 2. The zero-order valence-electron chi connectivity index (χ0n) is 5.10. The summed E-state index contributed by atoms with van der Waals surface area (Å²) in [6, 6.07) is 0. The molecule has 1 amide bonds. The van der Waals surface area contributed by atoms with Crippen LogP contribution in [-0.2, 0) is 0 Å². The van der Waals surface area contributed by atoms with E-state index in [1.54, 1.807) is 5.32 Å². The van der Waals surface area contributed by atoms with E-state index in [9.17, 15) is 13.6 Å². The highest BCUT2D eigenvalue weighted by Crippen LogP contribution is 2.40. The van der Waals surface area contributed by atoms with Gasteiger partial charge in [0.1, 0.15) is 5.54 Å². The zero-order chi connectivity index (χ0) is 7.78. The quantitative estimate of drug-likeness (QED) is 0.619. The largest absolute Gasteiger partial charge is 0.465 e. The lowest BCUT2D eigenvalue weighted by molar-refractivity contribution is 0.0829. The molecule has 0 aromatic heterocycles. The zero-order valence-corrected chi connectivity index (χ0v) is 5.10. The Bertz CT molecular complexity index is 156. The third-order valence-corrected chi connectivity index (χ3v) is 1.56. The van der Waals surface area contributed by atoms with Crippen molar-refractivity contribution < 1.29 is 18.7 Å². The number of nitrogens with one attached hydrogen (secondary N) is 1. The number of carboxylic acid groups (broad SMARTS) is 1. The van der Waals surface area contributed by atoms with E-state index in [-0.39, 0.29) is 12.8 Å². The van der Waals surface area contributed by atoms with Crippen LogP contribution in [0.3, 0.4) is 0 Å². The van der Waals surface area contributed by atoms with Crippen molar-refractivity contribution in [3.8, 4) is 0 Å². The Hall–Kier alpha value is -0.870. The second-order valence-corrected chi connectivity index (χ2v) is 2.39. The molecule has 0 bridgehead atoms. The third kappa shape index (κ3) is 1.17. The minimum absolute atomic E-state index is 0.247. The maximum Gasteiger partial charge on any atom is 0.405 e. The Labute approximate surface area is 56.0 Å². The Morgan fingerprint density at radius 2 is 2.10 bits per heavy atom. The summed E-state index contributed by atoms with van der Waals surface area (Å²) in [4.78, 5) is 9.91. The number of halogens is 2. The first-order valence-corrected chi connectivity index (χ1v) is 2.86. The fraction of sp³-hybridized carbons (Fsp3) is 0.800. The van der Waals surface area contributed by atoms with Crippen molar-refractivity contribution in [1.29, 1.82) is 0 Å². The van der Waals surface area contributed by atoms with Crippen LogP contribution in [0.15, 0.2) is 0 Å². The van der Waals surface area contributed by atoms with Crippen LogP contribution in [0.5, 0.6) is 0 Å². The molecule has 5 heteroatoms. The van der Waals surface area contributed by atoms with E-state index in [2.05, 4.69) is 0 Å². The molecule has 0 spiro atoms. The van der Waals surface area contributed by atoms with Crippen LogP contribution in [0.25, 0.3) is 0 Å². The first-order valence-electron chi connectivity index (χ1n) is 2.86. The summed E-state index contributed by atoms with van der Waals surface area (Å²) < 4.78 is 23.8. The van der Waals surface area contributed by atoms with Gasteiger partial charge in [-0.3, -0.25) is 0 Å². The van der Waals surface area contributed by atoms with Gasteiger partial charge in [-0.25, -0.2) is 13.6 Å². The van der Waals surface area contributed by atoms with Crippen LogP contribution in [0.4, 0.5) is 13.6 Å². The summed E-state index contributed by atoms with van der Waals surface area (Å²) in [5.74, 6) is 0. The van der Waals surface area contributed by atoms with Gasteiger partial charge >= 0.3 is 6.09 Å². The van der Waals surface area contributed by atoms with Gasteiger partial charge in [0, 0.05) is 0 Å². The molecule has 1 rings (SSSR count). The molecule has 0 atom stereocenters. The summed E-state index contributed by atoms with van der Waals surface area (Å²) in [5, 5.41) is 9.89. The molecule has 0 unspecified atom stereocenters. The highest BCUT2D eigenvalue weighted by molar-refractivity contribution is 5.66. The van der Waals surface area contributed by atoms with E-state index in [4.69, 9.17) is 5.11 Å². The summed E-state index contributed by atoms with van der Waals surface area (Å²) in [7, 11) is 0. The molecule has 1 saturated carbocycles. The summed E-state index contributed by atoms with van der Waals surface area (Å²) in [6.07, 6.45) is -3.46. The molecular formula is C5H7F2NO2. The monoisotopic (exact) mass is 151 g/mol. The topological polar surface area (TPSA) is 49.3 Å². The molecule has 2 N–H and O–H groups in total. The van der Waals surface area contributed by atoms with Gasteiger partial charge in [-0.05, 0) is 12.8 Å². The Balaban J connectivity index is 2.45. The molecule has 10 heavy (non-hydrogen) atoms. The Morgan fingerprint density at radius 1 is 1.60 bits per heavy atom. The van der Waals surface area contributed by atoms with Crippen molar-refractivity contribution in [3.63, 3.8) is 0 Å². The summed E-state index contributed by atoms with van der Waals surface area (Å²) in [6.45, 7) is 0. The summed E-state index contributed by atoms with van der Waals surface area (Å²) in [5.41, 5.74) is -1.41. The maximum atomic E-state index is 11.9. The number of rotatable bonds is 2. The van der Waals surface area contributed by atoms with Crippen LogP contribution in [0.1, 0.15) is 12.8 Å². The molecule has 0 aromatic rings. The molecule has 0 radical (unpaired) electrons. The van der Waals surface area contributed by atoms with Gasteiger partial charge in [-0.15, -0.1) is 0 Å². The molecule has 1 aliphatic rings. The van der Waals surface area contributed by atoms with E-state index < -0.39 is 18.1 Å². The maximum absolute atomic E-state index is 11.9. The van der Waals surface area contributed by atoms with Crippen LogP contribution in [0, 0.1) is 0 Å². The van der Waals surface area contributed by atoms with Crippen molar-refractivity contribution in [2.45, 2.75) is 24.8 Å². The second-order valence-electron chi connectivity index (χ2n) is 2.39. The minimum atomic E-state index is -2.58. The van der Waals surface area contributed by atoms with Gasteiger partial charge in [0.25, 0.3) is 6.43 Å². The molecular weight excluding hydrogens is 144 g/mol. The van der Waals surface area contributed by atoms with Crippen molar-refractivity contribution in [3.05, 3.63) is 0 Å². The Morgan fingerprint density at radius 3 is 2.20 bits per heavy atom. The minimum Gasteiger partial charge on any atom is -0.465 e. The van der Waals surface area contributed by atoms with Gasteiger partial charge < -0.3 is 10.4 Å². The van der Waals surface area contributed by atoms with Gasteiger partial charge in [0.2, 0.25) is 0 Å². The van der Waals surface area contributed by atoms with E-state index >= 15 is 0 Å². The van der Waals surface area contributed by atoms with E-state index in [1.165, 1.54) is 0 Å². The molecule has 3 nitrogen and oxygen atoms in total. The first kappa shape index (κ1) is 7.24. The van der Waals surface area contributed by atoms with E-state index in [0.717, 1.165) is 0 Å². The molecule has 0 aromatic carbocycles. The molecule has 1 fully saturated rings. The van der Waals surface area contributed by atoms with Crippen molar-refractivity contribution in [1.82, 2.24) is 5.32 Å². The van der Waals surface area contributed by atoms with Crippen molar-refractivity contribution in [2.24, 2.45) is 0 Å². The molecule has 1 aliphatic carbocycles. The molecule has 0 aliphatic heterocycles. The van der Waals surface area contributed by atoms with Gasteiger partial charge in [0.05, 0.1) is 0 Å². The fourth-order valence-corrected chi connectivity index (χ4v) is 0.745. The predicted octanol–water partition coefficient (Wildman–Crippen LogP) is 1.05. The Kier molecular flexibility index (Phi) is 1.50. The second kappa shape index (κ2) is 2.07. The number of hydrogen-bond acceptors (Lipinski definition) is 1. The highest BCUT2D eigenvalue weighted by Gasteiger charge is 2.52. The van der Waals surface area contributed by atoms with Crippen LogP contribution >= 0.6 is 0 Å². The average Bonchev–Trinajstić information content (AvgIpc) is 2.46. The third-order valence-electron chi connectivity index (χ3n) is 1.56. The number of amides is 1. The lowest BCUT2D eigenvalue weighted by atomic mass is 10.3. The number of alkyl halides is 2. The van der Waals surface area contributed by atoms with E-state index in [0.29, 0.717) is 0 Å². The first-order chi connectivity index (χ1) is 4.57. The highest BCUT2D eigenvalue weighted by atomic mass is 19.3. The SMILES string of the molecule is O=C(O)NC1(C(F)F)CC1. The fourth-order valence-electron chi connectivity index (χ4n) is 0.745. The van der Waals surface area contributed by atoms with Gasteiger partial charge in [-0.2, -0.15) is 0 Å². The summed E-state index contributed by atoms with van der Waals surface area (Å²) >= 11 is 0. The average molecular weight is 151 g/mol. The lowest BCUT2D eigenvalue weighted by Crippen LogP contribution is -2.41. The molecule has 58 valence electrons.